The van der Waals surface area contributed by atoms with Gasteiger partial charge in [0.25, 0.3) is 5.91 Å². The van der Waals surface area contributed by atoms with Crippen LogP contribution < -0.4 is 10.2 Å². The Morgan fingerprint density at radius 1 is 1.26 bits per heavy atom. The van der Waals surface area contributed by atoms with Gasteiger partial charge in [-0.25, -0.2) is 8.78 Å². The van der Waals surface area contributed by atoms with Crippen molar-refractivity contribution >= 4 is 11.6 Å². The molecule has 0 spiro atoms. The van der Waals surface area contributed by atoms with E-state index in [2.05, 4.69) is 5.32 Å². The van der Waals surface area contributed by atoms with Gasteiger partial charge in [-0.15, -0.1) is 0 Å². The molecule has 5 heteroatoms. The smallest absolute Gasteiger partial charge is 0.282 e. The lowest BCUT2D eigenvalue weighted by atomic mass is 10.1. The number of rotatable bonds is 3. The highest BCUT2D eigenvalue weighted by atomic mass is 19.1. The third kappa shape index (κ3) is 3.50. The van der Waals surface area contributed by atoms with Crippen molar-refractivity contribution in [3.8, 4) is 0 Å². The summed E-state index contributed by atoms with van der Waals surface area (Å²) in [4.78, 5) is 13.3. The van der Waals surface area contributed by atoms with E-state index in [1.165, 1.54) is 17.4 Å². The molecule has 0 aromatic heterocycles. The van der Waals surface area contributed by atoms with Crippen molar-refractivity contribution in [2.45, 2.75) is 32.2 Å². The number of hydrogen-bond donors (Lipinski definition) is 2. The number of hydrogen-bond acceptors (Lipinski definition) is 1. The zero-order valence-electron chi connectivity index (χ0n) is 11.0. The summed E-state index contributed by atoms with van der Waals surface area (Å²) in [6.45, 7) is 3.79. The minimum atomic E-state index is -0.741. The largest absolute Gasteiger partial charge is 0.325 e. The van der Waals surface area contributed by atoms with Gasteiger partial charge in [0.05, 0.1) is 18.8 Å². The van der Waals surface area contributed by atoms with Gasteiger partial charge < -0.3 is 10.2 Å². The first-order chi connectivity index (χ1) is 9.08. The van der Waals surface area contributed by atoms with Gasteiger partial charge in [-0.2, -0.15) is 0 Å². The Morgan fingerprint density at radius 3 is 2.58 bits per heavy atom. The average Bonchev–Trinajstić information content (AvgIpc) is 2.42. The van der Waals surface area contributed by atoms with Crippen LogP contribution in [-0.2, 0) is 4.79 Å². The van der Waals surface area contributed by atoms with Gasteiger partial charge in [0.2, 0.25) is 0 Å². The molecule has 1 aromatic rings. The van der Waals surface area contributed by atoms with Crippen LogP contribution in [-0.4, -0.2) is 25.0 Å². The monoisotopic (exact) mass is 269 g/mol. The van der Waals surface area contributed by atoms with Crippen molar-refractivity contribution in [1.29, 1.82) is 0 Å². The molecule has 1 amide bonds. The first kappa shape index (κ1) is 13.9. The third-order valence-corrected chi connectivity index (χ3v) is 3.69. The molecule has 2 N–H and O–H groups in total. The second-order valence-corrected chi connectivity index (χ2v) is 5.05. The van der Waals surface area contributed by atoms with Crippen molar-refractivity contribution in [1.82, 2.24) is 0 Å². The lowest BCUT2D eigenvalue weighted by Gasteiger charge is -2.28. The molecule has 104 valence electrons. The first-order valence-corrected chi connectivity index (χ1v) is 6.68. The third-order valence-electron chi connectivity index (χ3n) is 3.69. The minimum Gasteiger partial charge on any atom is -0.325 e. The molecule has 1 aliphatic heterocycles. The number of likely N-dealkylation sites (tertiary alicyclic amines) is 1. The highest BCUT2D eigenvalue weighted by Crippen LogP contribution is 2.14. The maximum atomic E-state index is 13.5. The van der Waals surface area contributed by atoms with Crippen LogP contribution in [0.1, 0.15) is 26.2 Å². The molecule has 0 unspecified atom stereocenters. The zero-order chi connectivity index (χ0) is 13.8. The van der Waals surface area contributed by atoms with Crippen LogP contribution in [0.25, 0.3) is 0 Å². The molecule has 2 rings (SSSR count). The van der Waals surface area contributed by atoms with Gasteiger partial charge in [0.1, 0.15) is 11.6 Å². The molecular weight excluding hydrogens is 250 g/mol. The zero-order valence-corrected chi connectivity index (χ0v) is 11.0. The molecule has 1 atom stereocenters. The standard InChI is InChI=1S/C14H18F2N2O/c1-10(18-7-3-2-4-8-18)14(19)17-13-6-5-11(15)9-12(13)16/h5-6,9-10H,2-4,7-8H2,1H3,(H,17,19)/p+1/t10-/m0/s1. The van der Waals surface area contributed by atoms with Crippen LogP contribution in [0, 0.1) is 11.6 Å². The number of benzene rings is 1. The number of nitrogens with one attached hydrogen (secondary N) is 2. The molecule has 1 saturated heterocycles. The summed E-state index contributed by atoms with van der Waals surface area (Å²) < 4.78 is 26.2. The van der Waals surface area contributed by atoms with Gasteiger partial charge in [-0.3, -0.25) is 4.79 Å². The number of carbonyl (C=O) groups excluding carboxylic acids is 1. The Labute approximate surface area is 111 Å². The summed E-state index contributed by atoms with van der Waals surface area (Å²) in [5.74, 6) is -1.61. The summed E-state index contributed by atoms with van der Waals surface area (Å²) in [6, 6.07) is 2.94. The van der Waals surface area contributed by atoms with E-state index in [9.17, 15) is 13.6 Å². The maximum Gasteiger partial charge on any atom is 0.282 e. The fraction of sp³-hybridized carbons (Fsp3) is 0.500. The van der Waals surface area contributed by atoms with Crippen LogP contribution in [0.3, 0.4) is 0 Å². The van der Waals surface area contributed by atoms with Crippen LogP contribution in [0.5, 0.6) is 0 Å². The van der Waals surface area contributed by atoms with Crippen LogP contribution in [0.15, 0.2) is 18.2 Å². The second kappa shape index (κ2) is 6.10. The first-order valence-electron chi connectivity index (χ1n) is 6.68. The summed E-state index contributed by atoms with van der Waals surface area (Å²) in [5, 5.41) is 2.53. The van der Waals surface area contributed by atoms with E-state index in [1.54, 1.807) is 0 Å². The fourth-order valence-corrected chi connectivity index (χ4v) is 2.46. The Morgan fingerprint density at radius 2 is 1.95 bits per heavy atom. The van der Waals surface area contributed by atoms with E-state index in [0.717, 1.165) is 38.1 Å². The van der Waals surface area contributed by atoms with E-state index < -0.39 is 11.6 Å². The highest BCUT2D eigenvalue weighted by molar-refractivity contribution is 5.93. The number of halogens is 2. The van der Waals surface area contributed by atoms with Crippen molar-refractivity contribution < 1.29 is 18.5 Å². The number of anilines is 1. The van der Waals surface area contributed by atoms with E-state index >= 15 is 0 Å². The van der Waals surface area contributed by atoms with Gasteiger partial charge in [0, 0.05) is 6.07 Å². The van der Waals surface area contributed by atoms with Crippen molar-refractivity contribution in [3.05, 3.63) is 29.8 Å². The number of amides is 1. The molecule has 0 radical (unpaired) electrons. The quantitative estimate of drug-likeness (QED) is 0.853. The lowest BCUT2D eigenvalue weighted by molar-refractivity contribution is -0.918. The molecule has 0 bridgehead atoms. The van der Waals surface area contributed by atoms with Crippen LogP contribution in [0.4, 0.5) is 14.5 Å². The molecule has 1 aliphatic rings. The van der Waals surface area contributed by atoms with Crippen LogP contribution in [0.2, 0.25) is 0 Å². The predicted molar refractivity (Wildman–Crippen MR) is 69.0 cm³/mol. The van der Waals surface area contributed by atoms with Crippen molar-refractivity contribution in [2.75, 3.05) is 18.4 Å². The van der Waals surface area contributed by atoms with Gasteiger partial charge in [-0.1, -0.05) is 0 Å². The van der Waals surface area contributed by atoms with Crippen LogP contribution >= 0.6 is 0 Å². The van der Waals surface area contributed by atoms with Gasteiger partial charge in [0.15, 0.2) is 6.04 Å². The lowest BCUT2D eigenvalue weighted by Crippen LogP contribution is -3.17. The predicted octanol–water partition coefficient (Wildman–Crippen LogP) is 1.36. The number of carbonyl (C=O) groups is 1. The SMILES string of the molecule is C[C@@H](C(=O)Nc1ccc(F)cc1F)[NH+]1CCCCC1. The average molecular weight is 269 g/mol. The molecule has 0 aliphatic carbocycles. The Balaban J connectivity index is 1.99. The number of quaternary nitrogens is 1. The maximum absolute atomic E-state index is 13.5. The molecule has 0 saturated carbocycles. The Kier molecular flexibility index (Phi) is 4.47. The Hall–Kier alpha value is -1.49. The summed E-state index contributed by atoms with van der Waals surface area (Å²) in [7, 11) is 0. The fourth-order valence-electron chi connectivity index (χ4n) is 2.46. The molecule has 1 fully saturated rings. The molecule has 1 heterocycles. The van der Waals surface area contributed by atoms with Gasteiger partial charge >= 0.3 is 0 Å². The summed E-state index contributed by atoms with van der Waals surface area (Å²) in [5.41, 5.74) is 0.0367. The van der Waals surface area contributed by atoms with E-state index in [0.29, 0.717) is 0 Å². The normalized spacial score (nSPS) is 18.1. The molecule has 19 heavy (non-hydrogen) atoms. The molecule has 1 aromatic carbocycles. The van der Waals surface area contributed by atoms with E-state index in [-0.39, 0.29) is 17.6 Å². The van der Waals surface area contributed by atoms with Crippen molar-refractivity contribution in [2.24, 2.45) is 0 Å². The minimum absolute atomic E-state index is 0.0367. The summed E-state index contributed by atoms with van der Waals surface area (Å²) >= 11 is 0. The summed E-state index contributed by atoms with van der Waals surface area (Å²) in [6.07, 6.45) is 3.46. The Bertz CT molecular complexity index is 459. The van der Waals surface area contributed by atoms with E-state index in [1.807, 2.05) is 6.92 Å². The topological polar surface area (TPSA) is 33.5 Å². The van der Waals surface area contributed by atoms with Crippen molar-refractivity contribution in [3.63, 3.8) is 0 Å². The molecular formula is C14H19F2N2O+. The second-order valence-electron chi connectivity index (χ2n) is 5.05. The number of piperidine rings is 1. The molecule has 3 nitrogen and oxygen atoms in total. The van der Waals surface area contributed by atoms with Gasteiger partial charge in [-0.05, 0) is 38.3 Å². The van der Waals surface area contributed by atoms with E-state index in [4.69, 9.17) is 0 Å². The highest BCUT2D eigenvalue weighted by Gasteiger charge is 2.27.